The first-order valence-corrected chi connectivity index (χ1v) is 5.49. The SMILES string of the molecule is C=CCC=CCC=CCC(O)C(O)CC. The Morgan fingerprint density at radius 2 is 1.60 bits per heavy atom. The van der Waals surface area contributed by atoms with Gasteiger partial charge in [-0.05, 0) is 25.7 Å². The zero-order valence-corrected chi connectivity index (χ0v) is 9.47. The molecule has 0 saturated carbocycles. The molecule has 0 aromatic heterocycles. The molecule has 2 nitrogen and oxygen atoms in total. The molecule has 86 valence electrons. The van der Waals surface area contributed by atoms with Gasteiger partial charge >= 0.3 is 0 Å². The number of allylic oxidation sites excluding steroid dienone is 4. The van der Waals surface area contributed by atoms with Crippen LogP contribution in [0.2, 0.25) is 0 Å². The van der Waals surface area contributed by atoms with Crippen molar-refractivity contribution in [3.05, 3.63) is 37.0 Å². The van der Waals surface area contributed by atoms with Crippen LogP contribution in [0.3, 0.4) is 0 Å². The first-order valence-electron chi connectivity index (χ1n) is 5.49. The van der Waals surface area contributed by atoms with Gasteiger partial charge in [-0.15, -0.1) is 6.58 Å². The highest BCUT2D eigenvalue weighted by Crippen LogP contribution is 2.04. The lowest BCUT2D eigenvalue weighted by Crippen LogP contribution is -2.23. The van der Waals surface area contributed by atoms with Gasteiger partial charge in [-0.3, -0.25) is 0 Å². The molecule has 0 saturated heterocycles. The van der Waals surface area contributed by atoms with Crippen LogP contribution in [0.25, 0.3) is 0 Å². The van der Waals surface area contributed by atoms with E-state index in [0.29, 0.717) is 12.8 Å². The molecule has 2 atom stereocenters. The second-order valence-electron chi connectivity index (χ2n) is 3.48. The van der Waals surface area contributed by atoms with E-state index in [1.807, 2.05) is 25.2 Å². The lowest BCUT2D eigenvalue weighted by atomic mass is 10.1. The summed E-state index contributed by atoms with van der Waals surface area (Å²) in [5.74, 6) is 0. The first-order chi connectivity index (χ1) is 7.22. The average molecular weight is 210 g/mol. The van der Waals surface area contributed by atoms with E-state index in [1.165, 1.54) is 0 Å². The molecule has 0 aromatic carbocycles. The highest BCUT2D eigenvalue weighted by atomic mass is 16.3. The summed E-state index contributed by atoms with van der Waals surface area (Å²) in [5, 5.41) is 18.7. The summed E-state index contributed by atoms with van der Waals surface area (Å²) >= 11 is 0. The quantitative estimate of drug-likeness (QED) is 0.604. The minimum absolute atomic E-state index is 0.518. The van der Waals surface area contributed by atoms with Gasteiger partial charge in [0.15, 0.2) is 0 Å². The van der Waals surface area contributed by atoms with Gasteiger partial charge in [0.05, 0.1) is 12.2 Å². The van der Waals surface area contributed by atoms with Crippen molar-refractivity contribution in [1.82, 2.24) is 0 Å². The van der Waals surface area contributed by atoms with Crippen LogP contribution in [0, 0.1) is 0 Å². The zero-order valence-electron chi connectivity index (χ0n) is 9.47. The van der Waals surface area contributed by atoms with Crippen molar-refractivity contribution in [2.45, 2.75) is 44.8 Å². The predicted octanol–water partition coefficient (Wildman–Crippen LogP) is 2.59. The summed E-state index contributed by atoms with van der Waals surface area (Å²) in [5.41, 5.74) is 0. The molecule has 0 aliphatic rings. The Kier molecular flexibility index (Phi) is 9.13. The van der Waals surface area contributed by atoms with Gasteiger partial charge in [-0.2, -0.15) is 0 Å². The summed E-state index contributed by atoms with van der Waals surface area (Å²) in [6.45, 7) is 5.47. The molecule has 2 heteroatoms. The van der Waals surface area contributed by atoms with Crippen molar-refractivity contribution in [2.75, 3.05) is 0 Å². The maximum absolute atomic E-state index is 9.43. The van der Waals surface area contributed by atoms with Crippen molar-refractivity contribution in [3.63, 3.8) is 0 Å². The summed E-state index contributed by atoms with van der Waals surface area (Å²) in [6.07, 6.45) is 11.5. The molecule has 0 spiro atoms. The average Bonchev–Trinajstić information content (AvgIpc) is 2.26. The second kappa shape index (κ2) is 9.69. The number of aliphatic hydroxyl groups is 2. The molecule has 0 rings (SSSR count). The van der Waals surface area contributed by atoms with E-state index < -0.39 is 12.2 Å². The molecule has 0 fully saturated rings. The summed E-state index contributed by atoms with van der Waals surface area (Å²) in [6, 6.07) is 0. The third kappa shape index (κ3) is 8.16. The maximum Gasteiger partial charge on any atom is 0.0833 e. The molecule has 0 amide bonds. The zero-order chi connectivity index (χ0) is 11.5. The standard InChI is InChI=1S/C13H22O2/c1-3-5-6-7-8-9-10-11-13(15)12(14)4-2/h3,6-7,9-10,12-15H,1,4-5,8,11H2,2H3. The Bertz CT molecular complexity index is 207. The van der Waals surface area contributed by atoms with Gasteiger partial charge in [0.25, 0.3) is 0 Å². The topological polar surface area (TPSA) is 40.5 Å². The van der Waals surface area contributed by atoms with Crippen LogP contribution in [0.1, 0.15) is 32.6 Å². The highest BCUT2D eigenvalue weighted by Gasteiger charge is 2.11. The van der Waals surface area contributed by atoms with Gasteiger partial charge in [0.1, 0.15) is 0 Å². The number of hydrogen-bond donors (Lipinski definition) is 2. The largest absolute Gasteiger partial charge is 0.390 e. The van der Waals surface area contributed by atoms with Crippen molar-refractivity contribution in [2.24, 2.45) is 0 Å². The monoisotopic (exact) mass is 210 g/mol. The molecule has 0 aromatic rings. The fourth-order valence-electron chi connectivity index (χ4n) is 1.13. The molecule has 2 N–H and O–H groups in total. The molecule has 0 heterocycles. The minimum atomic E-state index is -0.636. The third-order valence-electron chi connectivity index (χ3n) is 2.15. The predicted molar refractivity (Wildman–Crippen MR) is 64.6 cm³/mol. The van der Waals surface area contributed by atoms with Gasteiger partial charge in [0.2, 0.25) is 0 Å². The molecule has 0 aliphatic carbocycles. The number of hydrogen-bond acceptors (Lipinski definition) is 2. The van der Waals surface area contributed by atoms with Crippen LogP contribution in [-0.4, -0.2) is 22.4 Å². The van der Waals surface area contributed by atoms with Crippen molar-refractivity contribution in [1.29, 1.82) is 0 Å². The summed E-state index contributed by atoms with van der Waals surface area (Å²) < 4.78 is 0. The van der Waals surface area contributed by atoms with E-state index in [1.54, 1.807) is 0 Å². The molecule has 2 unspecified atom stereocenters. The van der Waals surface area contributed by atoms with E-state index in [4.69, 9.17) is 0 Å². The normalized spacial score (nSPS) is 15.9. The van der Waals surface area contributed by atoms with Crippen molar-refractivity contribution < 1.29 is 10.2 Å². The maximum atomic E-state index is 9.43. The molecule has 0 radical (unpaired) electrons. The first kappa shape index (κ1) is 14.1. The minimum Gasteiger partial charge on any atom is -0.390 e. The van der Waals surface area contributed by atoms with Crippen LogP contribution >= 0.6 is 0 Å². The number of aliphatic hydroxyl groups excluding tert-OH is 2. The lowest BCUT2D eigenvalue weighted by Gasteiger charge is -2.13. The molecule has 0 bridgehead atoms. The summed E-state index contributed by atoms with van der Waals surface area (Å²) in [7, 11) is 0. The van der Waals surface area contributed by atoms with Gasteiger partial charge < -0.3 is 10.2 Å². The Hall–Kier alpha value is -0.860. The van der Waals surface area contributed by atoms with E-state index in [-0.39, 0.29) is 0 Å². The summed E-state index contributed by atoms with van der Waals surface area (Å²) in [4.78, 5) is 0. The smallest absolute Gasteiger partial charge is 0.0833 e. The molecular weight excluding hydrogens is 188 g/mol. The Morgan fingerprint density at radius 1 is 1.00 bits per heavy atom. The highest BCUT2D eigenvalue weighted by molar-refractivity contribution is 4.96. The van der Waals surface area contributed by atoms with Crippen molar-refractivity contribution in [3.8, 4) is 0 Å². The van der Waals surface area contributed by atoms with Crippen LogP contribution in [0.15, 0.2) is 37.0 Å². The van der Waals surface area contributed by atoms with Gasteiger partial charge in [-0.1, -0.05) is 37.3 Å². The molecule has 15 heavy (non-hydrogen) atoms. The Labute approximate surface area is 92.6 Å². The van der Waals surface area contributed by atoms with Gasteiger partial charge in [-0.25, -0.2) is 0 Å². The Morgan fingerprint density at radius 3 is 2.20 bits per heavy atom. The molecule has 0 aliphatic heterocycles. The second-order valence-corrected chi connectivity index (χ2v) is 3.48. The Balaban J connectivity index is 3.57. The number of rotatable bonds is 8. The van der Waals surface area contributed by atoms with Crippen LogP contribution < -0.4 is 0 Å². The molecular formula is C13H22O2. The van der Waals surface area contributed by atoms with E-state index in [0.717, 1.165) is 12.8 Å². The fraction of sp³-hybridized carbons (Fsp3) is 0.538. The van der Waals surface area contributed by atoms with Crippen molar-refractivity contribution >= 4 is 0 Å². The van der Waals surface area contributed by atoms with E-state index >= 15 is 0 Å². The van der Waals surface area contributed by atoms with Crippen LogP contribution in [0.5, 0.6) is 0 Å². The van der Waals surface area contributed by atoms with Gasteiger partial charge in [0, 0.05) is 0 Å². The third-order valence-corrected chi connectivity index (χ3v) is 2.15. The van der Waals surface area contributed by atoms with Crippen LogP contribution in [-0.2, 0) is 0 Å². The van der Waals surface area contributed by atoms with Crippen LogP contribution in [0.4, 0.5) is 0 Å². The van der Waals surface area contributed by atoms with E-state index in [9.17, 15) is 10.2 Å². The lowest BCUT2D eigenvalue weighted by molar-refractivity contribution is 0.0197. The van der Waals surface area contributed by atoms with E-state index in [2.05, 4.69) is 18.7 Å². The fourth-order valence-corrected chi connectivity index (χ4v) is 1.13.